The number of aromatic nitrogens is 2. The van der Waals surface area contributed by atoms with Crippen LogP contribution < -0.4 is 5.73 Å². The molecule has 20 heavy (non-hydrogen) atoms. The predicted molar refractivity (Wildman–Crippen MR) is 86.3 cm³/mol. The Morgan fingerprint density at radius 1 is 1.15 bits per heavy atom. The van der Waals surface area contributed by atoms with Gasteiger partial charge in [-0.3, -0.25) is 0 Å². The third-order valence-corrected chi connectivity index (χ3v) is 5.48. The van der Waals surface area contributed by atoms with E-state index in [2.05, 4.69) is 18.0 Å². The molecule has 0 aliphatic heterocycles. The Kier molecular flexibility index (Phi) is 4.20. The lowest BCUT2D eigenvalue weighted by Crippen LogP contribution is -2.08. The van der Waals surface area contributed by atoms with Gasteiger partial charge in [0.1, 0.15) is 16.5 Å². The fourth-order valence-corrected chi connectivity index (χ4v) is 4.06. The Morgan fingerprint density at radius 3 is 2.55 bits per heavy atom. The molecule has 2 aromatic rings. The van der Waals surface area contributed by atoms with Crippen LogP contribution in [0.1, 0.15) is 68.5 Å². The summed E-state index contributed by atoms with van der Waals surface area (Å²) < 4.78 is 0. The van der Waals surface area contributed by atoms with Gasteiger partial charge in [-0.1, -0.05) is 39.0 Å². The molecule has 1 saturated carbocycles. The van der Waals surface area contributed by atoms with Gasteiger partial charge in [0.05, 0.1) is 5.39 Å². The standard InChI is InChI=1S/C16H23N3S/c1-2-12-10-13-14(17)18-15(19-16(13)20-12)11-8-6-4-3-5-7-9-11/h10-11H,2-9H2,1H3,(H2,17,18,19). The average molecular weight is 289 g/mol. The first-order valence-corrected chi connectivity index (χ1v) is 8.65. The molecule has 0 amide bonds. The van der Waals surface area contributed by atoms with Crippen molar-refractivity contribution in [1.82, 2.24) is 9.97 Å². The smallest absolute Gasteiger partial charge is 0.135 e. The molecule has 2 heterocycles. The lowest BCUT2D eigenvalue weighted by Gasteiger charge is -2.18. The van der Waals surface area contributed by atoms with Gasteiger partial charge in [0.2, 0.25) is 0 Å². The van der Waals surface area contributed by atoms with Crippen molar-refractivity contribution in [2.45, 2.75) is 64.2 Å². The van der Waals surface area contributed by atoms with Gasteiger partial charge in [0.15, 0.2) is 0 Å². The van der Waals surface area contributed by atoms with Gasteiger partial charge in [0, 0.05) is 10.8 Å². The zero-order chi connectivity index (χ0) is 13.9. The molecule has 1 aliphatic carbocycles. The molecular formula is C16H23N3S. The van der Waals surface area contributed by atoms with E-state index in [-0.39, 0.29) is 0 Å². The van der Waals surface area contributed by atoms with Crippen LogP contribution in [0.3, 0.4) is 0 Å². The normalized spacial score (nSPS) is 18.1. The highest BCUT2D eigenvalue weighted by atomic mass is 32.1. The summed E-state index contributed by atoms with van der Waals surface area (Å²) in [6.07, 6.45) is 10.2. The van der Waals surface area contributed by atoms with Gasteiger partial charge in [-0.25, -0.2) is 9.97 Å². The number of hydrogen-bond acceptors (Lipinski definition) is 4. The van der Waals surface area contributed by atoms with Crippen molar-refractivity contribution >= 4 is 27.4 Å². The summed E-state index contributed by atoms with van der Waals surface area (Å²) in [7, 11) is 0. The van der Waals surface area contributed by atoms with Crippen molar-refractivity contribution in [3.63, 3.8) is 0 Å². The Labute approximate surface area is 124 Å². The van der Waals surface area contributed by atoms with Crippen LogP contribution in [0.4, 0.5) is 5.82 Å². The molecule has 4 heteroatoms. The van der Waals surface area contributed by atoms with Gasteiger partial charge in [-0.05, 0) is 25.3 Å². The highest BCUT2D eigenvalue weighted by Crippen LogP contribution is 2.33. The summed E-state index contributed by atoms with van der Waals surface area (Å²) in [6, 6.07) is 2.15. The number of aryl methyl sites for hydroxylation is 1. The zero-order valence-electron chi connectivity index (χ0n) is 12.2. The summed E-state index contributed by atoms with van der Waals surface area (Å²) in [5.41, 5.74) is 6.16. The summed E-state index contributed by atoms with van der Waals surface area (Å²) in [5.74, 6) is 2.17. The summed E-state index contributed by atoms with van der Waals surface area (Å²) >= 11 is 1.77. The maximum Gasteiger partial charge on any atom is 0.135 e. The molecule has 0 radical (unpaired) electrons. The Morgan fingerprint density at radius 2 is 1.85 bits per heavy atom. The van der Waals surface area contributed by atoms with Crippen LogP contribution in [0.15, 0.2) is 6.07 Å². The summed E-state index contributed by atoms with van der Waals surface area (Å²) in [6.45, 7) is 2.17. The first-order chi connectivity index (χ1) is 9.78. The molecule has 108 valence electrons. The molecule has 0 atom stereocenters. The van der Waals surface area contributed by atoms with E-state index < -0.39 is 0 Å². The monoisotopic (exact) mass is 289 g/mol. The molecule has 0 unspecified atom stereocenters. The molecule has 3 rings (SSSR count). The molecule has 1 fully saturated rings. The predicted octanol–water partition coefficient (Wildman–Crippen LogP) is 4.66. The highest BCUT2D eigenvalue weighted by Gasteiger charge is 2.18. The van der Waals surface area contributed by atoms with E-state index in [1.165, 1.54) is 49.8 Å². The minimum absolute atomic E-state index is 0.508. The maximum atomic E-state index is 6.16. The minimum atomic E-state index is 0.508. The molecule has 1 aliphatic rings. The number of nitrogens with two attached hydrogens (primary N) is 1. The molecule has 0 saturated heterocycles. The van der Waals surface area contributed by atoms with Gasteiger partial charge >= 0.3 is 0 Å². The second-order valence-corrected chi connectivity index (χ2v) is 6.91. The lowest BCUT2D eigenvalue weighted by molar-refractivity contribution is 0.443. The van der Waals surface area contributed by atoms with Crippen LogP contribution in [0.25, 0.3) is 10.2 Å². The number of thiophene rings is 1. The van der Waals surface area contributed by atoms with E-state index in [1.807, 2.05) is 0 Å². The fourth-order valence-electron chi connectivity index (χ4n) is 3.08. The van der Waals surface area contributed by atoms with E-state index in [0.29, 0.717) is 11.7 Å². The average Bonchev–Trinajstić information content (AvgIpc) is 2.82. The molecule has 3 nitrogen and oxygen atoms in total. The largest absolute Gasteiger partial charge is 0.383 e. The fraction of sp³-hybridized carbons (Fsp3) is 0.625. The topological polar surface area (TPSA) is 51.8 Å². The van der Waals surface area contributed by atoms with Gasteiger partial charge in [-0.2, -0.15) is 0 Å². The highest BCUT2D eigenvalue weighted by molar-refractivity contribution is 7.18. The van der Waals surface area contributed by atoms with E-state index in [0.717, 1.165) is 22.5 Å². The molecule has 0 spiro atoms. The van der Waals surface area contributed by atoms with Crippen molar-refractivity contribution < 1.29 is 0 Å². The van der Waals surface area contributed by atoms with Crippen molar-refractivity contribution in [2.24, 2.45) is 0 Å². The number of rotatable bonds is 2. The van der Waals surface area contributed by atoms with E-state index >= 15 is 0 Å². The number of fused-ring (bicyclic) bond motifs is 1. The molecule has 0 bridgehead atoms. The molecule has 2 N–H and O–H groups in total. The second-order valence-electron chi connectivity index (χ2n) is 5.79. The van der Waals surface area contributed by atoms with Crippen LogP contribution in [0, 0.1) is 0 Å². The maximum absolute atomic E-state index is 6.16. The van der Waals surface area contributed by atoms with Crippen molar-refractivity contribution in [3.05, 3.63) is 16.8 Å². The van der Waals surface area contributed by atoms with Crippen LogP contribution in [-0.2, 0) is 6.42 Å². The van der Waals surface area contributed by atoms with Crippen molar-refractivity contribution in [3.8, 4) is 0 Å². The van der Waals surface area contributed by atoms with Gasteiger partial charge in [0.25, 0.3) is 0 Å². The third kappa shape index (κ3) is 2.80. The van der Waals surface area contributed by atoms with Crippen LogP contribution in [0.5, 0.6) is 0 Å². The Bertz CT molecular complexity index is 583. The zero-order valence-corrected chi connectivity index (χ0v) is 13.0. The van der Waals surface area contributed by atoms with Crippen molar-refractivity contribution in [2.75, 3.05) is 5.73 Å². The van der Waals surface area contributed by atoms with Gasteiger partial charge in [-0.15, -0.1) is 11.3 Å². The summed E-state index contributed by atoms with van der Waals surface area (Å²) in [5, 5.41) is 1.04. The quantitative estimate of drug-likeness (QED) is 0.874. The van der Waals surface area contributed by atoms with Crippen molar-refractivity contribution in [1.29, 1.82) is 0 Å². The number of hydrogen-bond donors (Lipinski definition) is 1. The van der Waals surface area contributed by atoms with Crippen LogP contribution in [0.2, 0.25) is 0 Å². The SMILES string of the molecule is CCc1cc2c(N)nc(C3CCCCCCC3)nc2s1. The first-order valence-electron chi connectivity index (χ1n) is 7.83. The first kappa shape index (κ1) is 13.8. The minimum Gasteiger partial charge on any atom is -0.383 e. The molecular weight excluding hydrogens is 266 g/mol. The van der Waals surface area contributed by atoms with E-state index in [4.69, 9.17) is 10.7 Å². The number of nitrogen functional groups attached to an aromatic ring is 1. The van der Waals surface area contributed by atoms with Crippen LogP contribution >= 0.6 is 11.3 Å². The number of anilines is 1. The Hall–Kier alpha value is -1.16. The Balaban J connectivity index is 1.93. The molecule has 0 aromatic carbocycles. The van der Waals surface area contributed by atoms with E-state index in [9.17, 15) is 0 Å². The molecule has 2 aromatic heterocycles. The number of nitrogens with zero attached hydrogens (tertiary/aromatic N) is 2. The lowest BCUT2D eigenvalue weighted by atomic mass is 9.90. The third-order valence-electron chi connectivity index (χ3n) is 4.31. The van der Waals surface area contributed by atoms with Crippen LogP contribution in [-0.4, -0.2) is 9.97 Å². The van der Waals surface area contributed by atoms with E-state index in [1.54, 1.807) is 11.3 Å². The van der Waals surface area contributed by atoms with Gasteiger partial charge < -0.3 is 5.73 Å². The second kappa shape index (κ2) is 6.08. The summed E-state index contributed by atoms with van der Waals surface area (Å²) in [4.78, 5) is 11.9.